The summed E-state index contributed by atoms with van der Waals surface area (Å²) in [5, 5.41) is 0. The van der Waals surface area contributed by atoms with Crippen molar-refractivity contribution in [3.8, 4) is 0 Å². The summed E-state index contributed by atoms with van der Waals surface area (Å²) >= 11 is 0. The monoisotopic (exact) mass is 486 g/mol. The maximum absolute atomic E-state index is 13.3. The SMILES string of the molecule is CCOC(=O)c1ccc(N2CCN(C(=O)c3ccccc3S(=O)(=O)N3CCCCC3)CC2)nc1. The number of piperidine rings is 1. The highest BCUT2D eigenvalue weighted by molar-refractivity contribution is 7.89. The molecule has 1 aromatic heterocycles. The lowest BCUT2D eigenvalue weighted by atomic mass is 10.1. The number of carbonyl (C=O) groups is 2. The predicted molar refractivity (Wildman–Crippen MR) is 127 cm³/mol. The number of esters is 1. The first-order chi connectivity index (χ1) is 16.4. The molecular weight excluding hydrogens is 456 g/mol. The van der Waals surface area contributed by atoms with Gasteiger partial charge in [0.15, 0.2) is 0 Å². The third-order valence-electron chi connectivity index (χ3n) is 6.20. The first-order valence-electron chi connectivity index (χ1n) is 11.7. The molecule has 0 aliphatic carbocycles. The molecule has 4 rings (SSSR count). The molecule has 10 heteroatoms. The van der Waals surface area contributed by atoms with E-state index in [1.165, 1.54) is 16.6 Å². The molecule has 34 heavy (non-hydrogen) atoms. The summed E-state index contributed by atoms with van der Waals surface area (Å²) in [7, 11) is -3.72. The first kappa shape index (κ1) is 24.2. The number of sulfonamides is 1. The fraction of sp³-hybridized carbons (Fsp3) is 0.458. The van der Waals surface area contributed by atoms with Crippen molar-refractivity contribution < 1.29 is 22.7 Å². The van der Waals surface area contributed by atoms with Crippen LogP contribution in [0, 0.1) is 0 Å². The molecule has 0 radical (unpaired) electrons. The van der Waals surface area contributed by atoms with Gasteiger partial charge in [0.25, 0.3) is 5.91 Å². The third-order valence-corrected chi connectivity index (χ3v) is 8.16. The van der Waals surface area contributed by atoms with Crippen molar-refractivity contribution in [1.29, 1.82) is 0 Å². The van der Waals surface area contributed by atoms with E-state index in [4.69, 9.17) is 4.74 Å². The number of pyridine rings is 1. The van der Waals surface area contributed by atoms with Crippen molar-refractivity contribution in [2.45, 2.75) is 31.1 Å². The number of aromatic nitrogens is 1. The summed E-state index contributed by atoms with van der Waals surface area (Å²) < 4.78 is 33.0. The van der Waals surface area contributed by atoms with Crippen LogP contribution < -0.4 is 4.90 Å². The minimum atomic E-state index is -3.72. The van der Waals surface area contributed by atoms with Crippen LogP contribution in [0.5, 0.6) is 0 Å². The molecule has 1 aromatic carbocycles. The van der Waals surface area contributed by atoms with Gasteiger partial charge in [0, 0.05) is 45.5 Å². The van der Waals surface area contributed by atoms with E-state index in [-0.39, 0.29) is 16.4 Å². The molecule has 2 aliphatic heterocycles. The molecular formula is C24H30N4O5S. The first-order valence-corrected chi connectivity index (χ1v) is 13.1. The topological polar surface area (TPSA) is 100 Å². The number of hydrogen-bond acceptors (Lipinski definition) is 7. The zero-order valence-electron chi connectivity index (χ0n) is 19.4. The molecule has 0 atom stereocenters. The van der Waals surface area contributed by atoms with Crippen molar-refractivity contribution in [3.63, 3.8) is 0 Å². The average molecular weight is 487 g/mol. The molecule has 0 saturated carbocycles. The zero-order chi connectivity index (χ0) is 24.1. The van der Waals surface area contributed by atoms with E-state index in [2.05, 4.69) is 4.98 Å². The molecule has 2 saturated heterocycles. The quantitative estimate of drug-likeness (QED) is 0.578. The summed E-state index contributed by atoms with van der Waals surface area (Å²) in [6, 6.07) is 9.94. The van der Waals surface area contributed by atoms with E-state index < -0.39 is 16.0 Å². The number of rotatable bonds is 6. The molecule has 0 unspecified atom stereocenters. The van der Waals surface area contributed by atoms with E-state index >= 15 is 0 Å². The highest BCUT2D eigenvalue weighted by Crippen LogP contribution is 2.25. The molecule has 3 heterocycles. The lowest BCUT2D eigenvalue weighted by Crippen LogP contribution is -2.49. The number of nitrogens with zero attached hydrogens (tertiary/aromatic N) is 4. The van der Waals surface area contributed by atoms with E-state index in [1.54, 1.807) is 42.2 Å². The maximum atomic E-state index is 13.3. The van der Waals surface area contributed by atoms with Crippen molar-refractivity contribution in [1.82, 2.24) is 14.2 Å². The zero-order valence-corrected chi connectivity index (χ0v) is 20.2. The maximum Gasteiger partial charge on any atom is 0.339 e. The van der Waals surface area contributed by atoms with Crippen LogP contribution in [0.25, 0.3) is 0 Å². The van der Waals surface area contributed by atoms with Crippen LogP contribution in [0.2, 0.25) is 0 Å². The van der Waals surface area contributed by atoms with Crippen LogP contribution in [0.15, 0.2) is 47.5 Å². The average Bonchev–Trinajstić information content (AvgIpc) is 2.89. The smallest absolute Gasteiger partial charge is 0.339 e. The van der Waals surface area contributed by atoms with Crippen LogP contribution in [0.3, 0.4) is 0 Å². The van der Waals surface area contributed by atoms with Crippen molar-refractivity contribution in [2.24, 2.45) is 0 Å². The Morgan fingerprint density at radius 2 is 1.65 bits per heavy atom. The third kappa shape index (κ3) is 5.07. The van der Waals surface area contributed by atoms with Gasteiger partial charge in [-0.1, -0.05) is 18.6 Å². The highest BCUT2D eigenvalue weighted by atomic mass is 32.2. The van der Waals surface area contributed by atoms with E-state index in [9.17, 15) is 18.0 Å². The number of amides is 1. The minimum absolute atomic E-state index is 0.0838. The summed E-state index contributed by atoms with van der Waals surface area (Å²) in [5.74, 6) is 0.0322. The lowest BCUT2D eigenvalue weighted by Gasteiger charge is -2.36. The number of anilines is 1. The molecule has 0 bridgehead atoms. The Morgan fingerprint density at radius 3 is 2.29 bits per heavy atom. The Kier molecular flexibility index (Phi) is 7.47. The summed E-state index contributed by atoms with van der Waals surface area (Å²) in [5.41, 5.74) is 0.615. The van der Waals surface area contributed by atoms with Gasteiger partial charge in [-0.2, -0.15) is 4.31 Å². The van der Waals surface area contributed by atoms with Gasteiger partial charge >= 0.3 is 5.97 Å². The molecule has 2 aliphatic rings. The van der Waals surface area contributed by atoms with Gasteiger partial charge in [-0.05, 0) is 44.0 Å². The molecule has 0 N–H and O–H groups in total. The molecule has 2 aromatic rings. The van der Waals surface area contributed by atoms with Gasteiger partial charge in [0.2, 0.25) is 10.0 Å². The number of piperazine rings is 1. The normalized spacial score (nSPS) is 17.4. The van der Waals surface area contributed by atoms with Crippen molar-refractivity contribution in [3.05, 3.63) is 53.7 Å². The summed E-state index contributed by atoms with van der Waals surface area (Å²) in [6.45, 7) is 5.03. The van der Waals surface area contributed by atoms with E-state index in [1.807, 2.05) is 4.90 Å². The number of carbonyl (C=O) groups excluding carboxylic acids is 2. The standard InChI is InChI=1S/C24H30N4O5S/c1-2-33-24(30)19-10-11-22(25-18-19)26-14-16-27(17-15-26)23(29)20-8-4-5-9-21(20)34(31,32)28-12-6-3-7-13-28/h4-5,8-11,18H,2-3,6-7,12-17H2,1H3. The fourth-order valence-corrected chi connectivity index (χ4v) is 6.03. The number of benzene rings is 1. The molecule has 2 fully saturated rings. The van der Waals surface area contributed by atoms with Crippen LogP contribution in [-0.4, -0.2) is 80.4 Å². The largest absolute Gasteiger partial charge is 0.462 e. The Hall–Kier alpha value is -2.98. The van der Waals surface area contributed by atoms with Gasteiger partial charge < -0.3 is 14.5 Å². The Balaban J connectivity index is 1.44. The Labute approximate surface area is 200 Å². The Morgan fingerprint density at radius 1 is 0.941 bits per heavy atom. The molecule has 9 nitrogen and oxygen atoms in total. The van der Waals surface area contributed by atoms with Gasteiger partial charge in [-0.15, -0.1) is 0 Å². The number of hydrogen-bond donors (Lipinski definition) is 0. The van der Waals surface area contributed by atoms with Gasteiger partial charge in [-0.3, -0.25) is 4.79 Å². The van der Waals surface area contributed by atoms with Gasteiger partial charge in [-0.25, -0.2) is 18.2 Å². The van der Waals surface area contributed by atoms with Gasteiger partial charge in [0.05, 0.1) is 22.6 Å². The predicted octanol–water partition coefficient (Wildman–Crippen LogP) is 2.40. The second-order valence-electron chi connectivity index (χ2n) is 8.37. The van der Waals surface area contributed by atoms with Crippen LogP contribution in [-0.2, 0) is 14.8 Å². The van der Waals surface area contributed by atoms with E-state index in [0.717, 1.165) is 19.3 Å². The lowest BCUT2D eigenvalue weighted by molar-refractivity contribution is 0.0525. The second kappa shape index (κ2) is 10.5. The van der Waals surface area contributed by atoms with Crippen LogP contribution in [0.4, 0.5) is 5.82 Å². The summed E-state index contributed by atoms with van der Waals surface area (Å²) in [6.07, 6.45) is 4.20. The van der Waals surface area contributed by atoms with Crippen LogP contribution >= 0.6 is 0 Å². The Bertz CT molecular complexity index is 1120. The fourth-order valence-electron chi connectivity index (χ4n) is 4.33. The van der Waals surface area contributed by atoms with Crippen molar-refractivity contribution in [2.75, 3.05) is 50.8 Å². The van der Waals surface area contributed by atoms with E-state index in [0.29, 0.717) is 57.3 Å². The minimum Gasteiger partial charge on any atom is -0.462 e. The molecule has 0 spiro atoms. The molecule has 1 amide bonds. The molecule has 182 valence electrons. The van der Waals surface area contributed by atoms with Gasteiger partial charge in [0.1, 0.15) is 5.82 Å². The van der Waals surface area contributed by atoms with Crippen molar-refractivity contribution >= 4 is 27.7 Å². The van der Waals surface area contributed by atoms with Crippen LogP contribution in [0.1, 0.15) is 46.9 Å². The second-order valence-corrected chi connectivity index (χ2v) is 10.3. The highest BCUT2D eigenvalue weighted by Gasteiger charge is 2.32. The summed E-state index contributed by atoms with van der Waals surface area (Å²) in [4.78, 5) is 33.3. The number of ether oxygens (including phenoxy) is 1.